The molecule has 0 spiro atoms. The predicted molar refractivity (Wildman–Crippen MR) is 122 cm³/mol. The molecule has 4 aromatic carbocycles. The number of para-hydroxylation sites is 5. The van der Waals surface area contributed by atoms with Gasteiger partial charge in [0.1, 0.15) is 5.75 Å². The highest BCUT2D eigenvalue weighted by atomic mass is 16.5. The summed E-state index contributed by atoms with van der Waals surface area (Å²) in [6.45, 7) is 0. The minimum Gasteiger partial charge on any atom is -0.453 e. The summed E-state index contributed by atoms with van der Waals surface area (Å²) in [5.74, 6) is 1.58. The van der Waals surface area contributed by atoms with E-state index in [1.54, 1.807) is 66.7 Å². The zero-order chi connectivity index (χ0) is 22.2. The topological polar surface area (TPSA) is 76.7 Å². The normalized spacial score (nSPS) is 10.1. The molecule has 0 aliphatic rings. The first-order valence-electron chi connectivity index (χ1n) is 9.95. The van der Waals surface area contributed by atoms with Gasteiger partial charge in [0.15, 0.2) is 17.2 Å². The summed E-state index contributed by atoms with van der Waals surface area (Å²) in [6.07, 6.45) is 0. The molecule has 0 heterocycles. The average molecular weight is 424 g/mol. The predicted octanol–water partition coefficient (Wildman–Crippen LogP) is 6.23. The smallest absolute Gasteiger partial charge is 0.326 e. The van der Waals surface area contributed by atoms with E-state index in [4.69, 9.17) is 9.47 Å². The van der Waals surface area contributed by atoms with Crippen molar-refractivity contribution < 1.29 is 19.1 Å². The molecule has 32 heavy (non-hydrogen) atoms. The van der Waals surface area contributed by atoms with E-state index in [1.807, 2.05) is 42.5 Å². The first-order valence-corrected chi connectivity index (χ1v) is 9.95. The maximum Gasteiger partial charge on any atom is 0.326 e. The quantitative estimate of drug-likeness (QED) is 0.384. The number of rotatable bonds is 6. The second-order valence-corrected chi connectivity index (χ2v) is 6.73. The first kappa shape index (κ1) is 20.7. The summed E-state index contributed by atoms with van der Waals surface area (Å²) >= 11 is 0. The molecular formula is C26H20N2O4. The highest BCUT2D eigenvalue weighted by molar-refractivity contribution is 6.08. The van der Waals surface area contributed by atoms with Crippen LogP contribution >= 0.6 is 0 Å². The van der Waals surface area contributed by atoms with Crippen LogP contribution in [-0.2, 0) is 0 Å². The van der Waals surface area contributed by atoms with Crippen molar-refractivity contribution >= 4 is 17.6 Å². The lowest BCUT2D eigenvalue weighted by Crippen LogP contribution is -2.34. The fourth-order valence-electron chi connectivity index (χ4n) is 2.93. The number of carbonyl (C=O) groups excluding carboxylic acids is 2. The number of urea groups is 1. The van der Waals surface area contributed by atoms with Crippen LogP contribution in [0.3, 0.4) is 0 Å². The number of hydrogen-bond donors (Lipinski definition) is 2. The van der Waals surface area contributed by atoms with E-state index in [0.717, 1.165) is 0 Å². The van der Waals surface area contributed by atoms with Crippen LogP contribution in [0.4, 0.5) is 10.5 Å². The molecule has 2 N–H and O–H groups in total. The number of hydrogen-bond acceptors (Lipinski definition) is 4. The second-order valence-electron chi connectivity index (χ2n) is 6.73. The number of carbonyl (C=O) groups is 2. The van der Waals surface area contributed by atoms with Crippen molar-refractivity contribution in [3.8, 4) is 23.0 Å². The van der Waals surface area contributed by atoms with Crippen LogP contribution in [0.2, 0.25) is 0 Å². The fraction of sp³-hybridized carbons (Fsp3) is 0. The van der Waals surface area contributed by atoms with Gasteiger partial charge in [-0.3, -0.25) is 10.1 Å². The van der Waals surface area contributed by atoms with Gasteiger partial charge in [0.2, 0.25) is 0 Å². The molecule has 6 heteroatoms. The molecule has 0 radical (unpaired) electrons. The van der Waals surface area contributed by atoms with E-state index in [1.165, 1.54) is 0 Å². The van der Waals surface area contributed by atoms with Crippen molar-refractivity contribution in [2.24, 2.45) is 0 Å². The molecule has 3 amide bonds. The van der Waals surface area contributed by atoms with E-state index >= 15 is 0 Å². The molecule has 0 aliphatic carbocycles. The molecule has 0 aromatic heterocycles. The van der Waals surface area contributed by atoms with Crippen molar-refractivity contribution in [2.75, 3.05) is 5.32 Å². The highest BCUT2D eigenvalue weighted by Gasteiger charge is 2.14. The minimum absolute atomic E-state index is 0.388. The number of amides is 3. The molecule has 4 rings (SSSR count). The van der Waals surface area contributed by atoms with Crippen molar-refractivity contribution in [1.29, 1.82) is 0 Å². The number of ether oxygens (including phenoxy) is 2. The lowest BCUT2D eigenvalue weighted by Gasteiger charge is -2.15. The fourth-order valence-corrected chi connectivity index (χ4v) is 2.93. The third-order valence-electron chi connectivity index (χ3n) is 4.44. The van der Waals surface area contributed by atoms with Crippen molar-refractivity contribution in [1.82, 2.24) is 5.32 Å². The van der Waals surface area contributed by atoms with E-state index in [9.17, 15) is 9.59 Å². The monoisotopic (exact) mass is 424 g/mol. The van der Waals surface area contributed by atoms with Gasteiger partial charge >= 0.3 is 6.03 Å². The van der Waals surface area contributed by atoms with E-state index < -0.39 is 11.9 Å². The molecular weight excluding hydrogens is 404 g/mol. The van der Waals surface area contributed by atoms with Gasteiger partial charge < -0.3 is 14.8 Å². The lowest BCUT2D eigenvalue weighted by atomic mass is 10.2. The van der Waals surface area contributed by atoms with Crippen molar-refractivity contribution in [2.45, 2.75) is 0 Å². The van der Waals surface area contributed by atoms with Gasteiger partial charge in [-0.15, -0.1) is 0 Å². The summed E-state index contributed by atoms with van der Waals surface area (Å²) in [6, 6.07) is 31.4. The van der Waals surface area contributed by atoms with Crippen LogP contribution in [-0.4, -0.2) is 11.9 Å². The van der Waals surface area contributed by atoms with Gasteiger partial charge in [-0.25, -0.2) is 4.79 Å². The van der Waals surface area contributed by atoms with Crippen molar-refractivity contribution in [3.63, 3.8) is 0 Å². The molecule has 0 unspecified atom stereocenters. The van der Waals surface area contributed by atoms with Gasteiger partial charge in [0, 0.05) is 5.56 Å². The molecule has 4 aromatic rings. The average Bonchev–Trinajstić information content (AvgIpc) is 2.83. The van der Waals surface area contributed by atoms with Crippen LogP contribution < -0.4 is 20.1 Å². The number of imide groups is 1. The summed E-state index contributed by atoms with van der Waals surface area (Å²) < 4.78 is 12.0. The van der Waals surface area contributed by atoms with Gasteiger partial charge in [-0.1, -0.05) is 60.7 Å². The Kier molecular flexibility index (Phi) is 6.43. The Bertz CT molecular complexity index is 1210. The van der Waals surface area contributed by atoms with Crippen LogP contribution in [0.15, 0.2) is 109 Å². The van der Waals surface area contributed by atoms with Gasteiger partial charge in [-0.05, 0) is 48.5 Å². The molecule has 0 fully saturated rings. The third-order valence-corrected chi connectivity index (χ3v) is 4.44. The zero-order valence-corrected chi connectivity index (χ0v) is 17.0. The highest BCUT2D eigenvalue weighted by Crippen LogP contribution is 2.37. The Morgan fingerprint density at radius 2 is 1.09 bits per heavy atom. The summed E-state index contributed by atoms with van der Waals surface area (Å²) in [4.78, 5) is 24.6. The first-order chi connectivity index (χ1) is 15.7. The third kappa shape index (κ3) is 5.31. The molecule has 6 nitrogen and oxygen atoms in total. The number of anilines is 1. The minimum atomic E-state index is -0.663. The van der Waals surface area contributed by atoms with Crippen LogP contribution in [0.5, 0.6) is 23.0 Å². The second kappa shape index (κ2) is 9.95. The molecule has 0 atom stereocenters. The summed E-state index contributed by atoms with van der Waals surface area (Å²) in [7, 11) is 0. The van der Waals surface area contributed by atoms with Crippen LogP contribution in [0.25, 0.3) is 0 Å². The summed E-state index contributed by atoms with van der Waals surface area (Å²) in [5, 5.41) is 4.97. The van der Waals surface area contributed by atoms with Crippen molar-refractivity contribution in [3.05, 3.63) is 115 Å². The molecule has 0 aliphatic heterocycles. The maximum atomic E-state index is 12.4. The Morgan fingerprint density at radius 1 is 0.562 bits per heavy atom. The molecule has 158 valence electrons. The number of benzene rings is 4. The lowest BCUT2D eigenvalue weighted by molar-refractivity contribution is 0.0967. The van der Waals surface area contributed by atoms with Gasteiger partial charge in [-0.2, -0.15) is 0 Å². The Labute approximate surface area is 185 Å². The Morgan fingerprint density at radius 3 is 1.78 bits per heavy atom. The standard InChI is InChI=1S/C26H20N2O4/c29-25(19-11-3-1-4-12-19)28-26(30)27-21-15-7-8-16-22(21)32-24-18-10-9-17-23(24)31-20-13-5-2-6-14-20/h1-18H,(H2,27,28,29,30). The summed E-state index contributed by atoms with van der Waals surface area (Å²) in [5.41, 5.74) is 0.791. The van der Waals surface area contributed by atoms with Gasteiger partial charge in [0.05, 0.1) is 5.69 Å². The Hall–Kier alpha value is -4.58. The van der Waals surface area contributed by atoms with E-state index in [-0.39, 0.29) is 0 Å². The largest absolute Gasteiger partial charge is 0.453 e. The molecule has 0 saturated heterocycles. The molecule has 0 saturated carbocycles. The SMILES string of the molecule is O=C(NC(=O)c1ccccc1)Nc1ccccc1Oc1ccccc1Oc1ccccc1. The van der Waals surface area contributed by atoms with E-state index in [0.29, 0.717) is 34.2 Å². The zero-order valence-electron chi connectivity index (χ0n) is 17.0. The van der Waals surface area contributed by atoms with Crippen LogP contribution in [0, 0.1) is 0 Å². The maximum absolute atomic E-state index is 12.4. The molecule has 0 bridgehead atoms. The van der Waals surface area contributed by atoms with Crippen LogP contribution in [0.1, 0.15) is 10.4 Å². The number of nitrogens with one attached hydrogen (secondary N) is 2. The van der Waals surface area contributed by atoms with Gasteiger partial charge in [0.25, 0.3) is 5.91 Å². The Balaban J connectivity index is 1.49. The van der Waals surface area contributed by atoms with E-state index in [2.05, 4.69) is 10.6 Å².